The first kappa shape index (κ1) is 20.9. The molecule has 0 aliphatic rings. The third-order valence-electron chi connectivity index (χ3n) is 5.87. The van der Waals surface area contributed by atoms with Crippen molar-refractivity contribution in [1.29, 1.82) is 0 Å². The lowest BCUT2D eigenvalue weighted by molar-refractivity contribution is 0.562. The average molecular weight is 383 g/mol. The standard InChI is InChI=1S/C24H38N4/c1-3-5-7-9-11-13-15-27-19-25-21-17-22-24(18-23(21)27)28(20-26-22)16-14-12-10-8-6-4-2/h17-20H,3-16H2,1-2H3. The summed E-state index contributed by atoms with van der Waals surface area (Å²) in [5, 5.41) is 0. The van der Waals surface area contributed by atoms with E-state index in [0.717, 1.165) is 24.1 Å². The van der Waals surface area contributed by atoms with E-state index in [4.69, 9.17) is 0 Å². The number of aryl methyl sites for hydroxylation is 2. The van der Waals surface area contributed by atoms with E-state index in [9.17, 15) is 0 Å². The lowest BCUT2D eigenvalue weighted by Gasteiger charge is -2.07. The molecule has 0 N–H and O–H groups in total. The molecule has 28 heavy (non-hydrogen) atoms. The molecule has 0 radical (unpaired) electrons. The van der Waals surface area contributed by atoms with E-state index in [1.165, 1.54) is 88.1 Å². The minimum atomic E-state index is 1.07. The van der Waals surface area contributed by atoms with Gasteiger partial charge >= 0.3 is 0 Å². The topological polar surface area (TPSA) is 35.6 Å². The zero-order valence-electron chi connectivity index (χ0n) is 18.0. The molecule has 2 heterocycles. The maximum Gasteiger partial charge on any atom is 0.0958 e. The molecular formula is C24H38N4. The van der Waals surface area contributed by atoms with Gasteiger partial charge in [-0.3, -0.25) is 0 Å². The molecule has 0 spiro atoms. The van der Waals surface area contributed by atoms with E-state index in [-0.39, 0.29) is 0 Å². The van der Waals surface area contributed by atoms with Gasteiger partial charge in [0.25, 0.3) is 0 Å². The number of imidazole rings is 2. The Bertz CT molecular complexity index is 764. The van der Waals surface area contributed by atoms with Crippen molar-refractivity contribution in [2.24, 2.45) is 0 Å². The molecule has 0 amide bonds. The summed E-state index contributed by atoms with van der Waals surface area (Å²) in [4.78, 5) is 9.25. The monoisotopic (exact) mass is 382 g/mol. The van der Waals surface area contributed by atoms with Crippen LogP contribution in [0.3, 0.4) is 0 Å². The van der Waals surface area contributed by atoms with Crippen molar-refractivity contribution in [1.82, 2.24) is 19.1 Å². The number of hydrogen-bond acceptors (Lipinski definition) is 2. The van der Waals surface area contributed by atoms with Crippen molar-refractivity contribution in [3.05, 3.63) is 24.8 Å². The summed E-state index contributed by atoms with van der Waals surface area (Å²) >= 11 is 0. The molecule has 3 rings (SSSR count). The molecule has 0 aliphatic carbocycles. The van der Waals surface area contributed by atoms with Crippen molar-refractivity contribution in [3.63, 3.8) is 0 Å². The summed E-state index contributed by atoms with van der Waals surface area (Å²) in [5.74, 6) is 0. The number of hydrogen-bond donors (Lipinski definition) is 0. The molecule has 0 bridgehead atoms. The van der Waals surface area contributed by atoms with Crippen LogP contribution in [0.5, 0.6) is 0 Å². The second-order valence-corrected chi connectivity index (χ2v) is 8.24. The summed E-state index contributed by atoms with van der Waals surface area (Å²) in [6, 6.07) is 4.46. The number of benzene rings is 1. The largest absolute Gasteiger partial charge is 0.331 e. The van der Waals surface area contributed by atoms with Crippen molar-refractivity contribution < 1.29 is 0 Å². The Kier molecular flexibility index (Phi) is 8.38. The minimum Gasteiger partial charge on any atom is -0.331 e. The van der Waals surface area contributed by atoms with Crippen LogP contribution < -0.4 is 0 Å². The highest BCUT2D eigenvalue weighted by Gasteiger charge is 2.09. The number of aromatic nitrogens is 4. The quantitative estimate of drug-likeness (QED) is 0.279. The highest BCUT2D eigenvalue weighted by atomic mass is 15.1. The van der Waals surface area contributed by atoms with E-state index in [0.29, 0.717) is 0 Å². The van der Waals surface area contributed by atoms with Gasteiger partial charge < -0.3 is 9.13 Å². The summed E-state index contributed by atoms with van der Waals surface area (Å²) in [6.07, 6.45) is 20.0. The summed E-state index contributed by atoms with van der Waals surface area (Å²) in [6.45, 7) is 6.68. The molecule has 0 saturated heterocycles. The number of fused-ring (bicyclic) bond motifs is 2. The molecule has 2 aromatic heterocycles. The Morgan fingerprint density at radius 2 is 1.00 bits per heavy atom. The van der Waals surface area contributed by atoms with E-state index >= 15 is 0 Å². The van der Waals surface area contributed by atoms with Gasteiger partial charge in [0, 0.05) is 13.1 Å². The molecule has 154 valence electrons. The average Bonchev–Trinajstić information content (AvgIpc) is 3.29. The van der Waals surface area contributed by atoms with Gasteiger partial charge in [0.2, 0.25) is 0 Å². The molecule has 3 aromatic rings. The van der Waals surface area contributed by atoms with Gasteiger partial charge in [-0.05, 0) is 25.0 Å². The summed E-state index contributed by atoms with van der Waals surface area (Å²) in [5.41, 5.74) is 4.66. The molecule has 0 aliphatic heterocycles. The number of unbranched alkanes of at least 4 members (excludes halogenated alkanes) is 10. The van der Waals surface area contributed by atoms with Crippen LogP contribution in [-0.2, 0) is 13.1 Å². The van der Waals surface area contributed by atoms with E-state index < -0.39 is 0 Å². The third kappa shape index (κ3) is 5.59. The molecular weight excluding hydrogens is 344 g/mol. The maximum absolute atomic E-state index is 4.62. The fourth-order valence-corrected chi connectivity index (χ4v) is 4.09. The Morgan fingerprint density at radius 3 is 1.46 bits per heavy atom. The SMILES string of the molecule is CCCCCCCCn1cnc2cc3ncn(CCCCCCCC)c3cc21. The number of nitrogens with zero attached hydrogens (tertiary/aromatic N) is 4. The van der Waals surface area contributed by atoms with Crippen LogP contribution in [0.2, 0.25) is 0 Å². The van der Waals surface area contributed by atoms with Crippen molar-refractivity contribution >= 4 is 22.1 Å². The Balaban J connectivity index is 1.59. The van der Waals surface area contributed by atoms with E-state index in [2.05, 4.69) is 45.1 Å². The van der Waals surface area contributed by atoms with Crippen LogP contribution in [0, 0.1) is 0 Å². The van der Waals surface area contributed by atoms with Gasteiger partial charge in [-0.2, -0.15) is 0 Å². The van der Waals surface area contributed by atoms with Crippen molar-refractivity contribution in [2.45, 2.75) is 104 Å². The van der Waals surface area contributed by atoms with Crippen LogP contribution in [-0.4, -0.2) is 19.1 Å². The summed E-state index contributed by atoms with van der Waals surface area (Å²) < 4.78 is 4.66. The minimum absolute atomic E-state index is 1.07. The van der Waals surface area contributed by atoms with Crippen LogP contribution in [0.1, 0.15) is 90.9 Å². The Morgan fingerprint density at radius 1 is 0.571 bits per heavy atom. The molecule has 0 unspecified atom stereocenters. The highest BCUT2D eigenvalue weighted by molar-refractivity contribution is 5.91. The third-order valence-corrected chi connectivity index (χ3v) is 5.87. The van der Waals surface area contributed by atoms with Gasteiger partial charge in [-0.15, -0.1) is 0 Å². The van der Waals surface area contributed by atoms with Crippen molar-refractivity contribution in [3.8, 4) is 0 Å². The maximum atomic E-state index is 4.62. The second kappa shape index (κ2) is 11.2. The lowest BCUT2D eigenvalue weighted by Crippen LogP contribution is -1.98. The van der Waals surface area contributed by atoms with Crippen molar-refractivity contribution in [2.75, 3.05) is 0 Å². The highest BCUT2D eigenvalue weighted by Crippen LogP contribution is 2.22. The Hall–Kier alpha value is -1.84. The molecule has 0 atom stereocenters. The molecule has 1 aromatic carbocycles. The first-order valence-corrected chi connectivity index (χ1v) is 11.6. The van der Waals surface area contributed by atoms with Crippen LogP contribution in [0.4, 0.5) is 0 Å². The van der Waals surface area contributed by atoms with Gasteiger partial charge in [-0.25, -0.2) is 9.97 Å². The van der Waals surface area contributed by atoms with Gasteiger partial charge in [-0.1, -0.05) is 78.1 Å². The van der Waals surface area contributed by atoms with E-state index in [1.54, 1.807) is 0 Å². The zero-order chi connectivity index (χ0) is 19.6. The first-order valence-electron chi connectivity index (χ1n) is 11.6. The zero-order valence-corrected chi connectivity index (χ0v) is 18.0. The summed E-state index contributed by atoms with van der Waals surface area (Å²) in [7, 11) is 0. The fourth-order valence-electron chi connectivity index (χ4n) is 4.09. The van der Waals surface area contributed by atoms with E-state index in [1.807, 2.05) is 12.7 Å². The van der Waals surface area contributed by atoms with Gasteiger partial charge in [0.1, 0.15) is 0 Å². The first-order chi connectivity index (χ1) is 13.8. The van der Waals surface area contributed by atoms with Gasteiger partial charge in [0.05, 0.1) is 34.7 Å². The van der Waals surface area contributed by atoms with Gasteiger partial charge in [0.15, 0.2) is 0 Å². The van der Waals surface area contributed by atoms with Crippen LogP contribution in [0.15, 0.2) is 24.8 Å². The molecule has 0 saturated carbocycles. The predicted molar refractivity (Wildman–Crippen MR) is 120 cm³/mol. The molecule has 4 nitrogen and oxygen atoms in total. The van der Waals surface area contributed by atoms with Crippen LogP contribution in [0.25, 0.3) is 22.1 Å². The normalized spacial score (nSPS) is 11.8. The smallest absolute Gasteiger partial charge is 0.0958 e. The lowest BCUT2D eigenvalue weighted by atomic mass is 10.1. The fraction of sp³-hybridized carbons (Fsp3) is 0.667. The Labute approximate surface area is 170 Å². The predicted octanol–water partition coefficient (Wildman–Crippen LogP) is 7.11. The molecule has 0 fully saturated rings. The number of rotatable bonds is 14. The second-order valence-electron chi connectivity index (χ2n) is 8.24. The van der Waals surface area contributed by atoms with Crippen LogP contribution >= 0.6 is 0 Å². The molecule has 4 heteroatoms.